The number of anilines is 1. The van der Waals surface area contributed by atoms with Gasteiger partial charge in [0.25, 0.3) is 0 Å². The molecule has 1 heterocycles. The lowest BCUT2D eigenvalue weighted by atomic mass is 10.1. The van der Waals surface area contributed by atoms with Crippen molar-refractivity contribution < 1.29 is 4.79 Å². The van der Waals surface area contributed by atoms with Crippen LogP contribution in [0.5, 0.6) is 0 Å². The van der Waals surface area contributed by atoms with Crippen LogP contribution in [0.2, 0.25) is 0 Å². The molecule has 1 N–H and O–H groups in total. The van der Waals surface area contributed by atoms with Crippen LogP contribution in [0.1, 0.15) is 18.5 Å². The molecule has 0 aliphatic heterocycles. The van der Waals surface area contributed by atoms with E-state index in [4.69, 9.17) is 0 Å². The molecule has 0 aliphatic rings. The van der Waals surface area contributed by atoms with Gasteiger partial charge in [-0.25, -0.2) is 9.48 Å². The van der Waals surface area contributed by atoms with Crippen molar-refractivity contribution in [2.24, 2.45) is 0 Å². The molecule has 0 bridgehead atoms. The number of carbonyl (C=O) groups excluding carboxylic acids is 1. The van der Waals surface area contributed by atoms with E-state index < -0.39 is 11.7 Å². The molecule has 0 spiro atoms. The van der Waals surface area contributed by atoms with Crippen LogP contribution in [0.3, 0.4) is 0 Å². The van der Waals surface area contributed by atoms with Gasteiger partial charge in [0.05, 0.1) is 11.9 Å². The number of nitrogens with zero attached hydrogens (tertiary/aromatic N) is 3. The fourth-order valence-corrected chi connectivity index (χ4v) is 3.16. The minimum absolute atomic E-state index is 0.333. The molecule has 3 aromatic carbocycles. The van der Waals surface area contributed by atoms with Crippen molar-refractivity contribution in [2.45, 2.75) is 19.9 Å². The summed E-state index contributed by atoms with van der Waals surface area (Å²) in [5.41, 5.74) is 2.53. The predicted molar refractivity (Wildman–Crippen MR) is 114 cm³/mol. The average Bonchev–Trinajstić information content (AvgIpc) is 2.74. The minimum atomic E-state index is -0.805. The highest BCUT2D eigenvalue weighted by Gasteiger charge is 2.19. The van der Waals surface area contributed by atoms with Gasteiger partial charge in [-0.15, -0.1) is 0 Å². The van der Waals surface area contributed by atoms with Crippen molar-refractivity contribution in [2.75, 3.05) is 5.32 Å². The van der Waals surface area contributed by atoms with Gasteiger partial charge in [-0.3, -0.25) is 4.79 Å². The summed E-state index contributed by atoms with van der Waals surface area (Å²) in [5, 5.41) is 9.04. The van der Waals surface area contributed by atoms with Gasteiger partial charge < -0.3 is 5.32 Å². The van der Waals surface area contributed by atoms with Crippen LogP contribution in [0.25, 0.3) is 22.0 Å². The third-order valence-corrected chi connectivity index (χ3v) is 4.86. The van der Waals surface area contributed by atoms with E-state index in [1.807, 2.05) is 73.7 Å². The Kier molecular flexibility index (Phi) is 4.91. The predicted octanol–water partition coefficient (Wildman–Crippen LogP) is 3.97. The molecule has 0 fully saturated rings. The third kappa shape index (κ3) is 3.78. The van der Waals surface area contributed by atoms with Crippen LogP contribution in [0, 0.1) is 6.92 Å². The zero-order valence-corrected chi connectivity index (χ0v) is 16.2. The Morgan fingerprint density at radius 2 is 1.72 bits per heavy atom. The van der Waals surface area contributed by atoms with Gasteiger partial charge in [0.2, 0.25) is 5.91 Å². The second kappa shape index (κ2) is 7.67. The molecule has 0 saturated carbocycles. The van der Waals surface area contributed by atoms with Gasteiger partial charge in [0, 0.05) is 16.6 Å². The Balaban J connectivity index is 1.59. The van der Waals surface area contributed by atoms with Crippen LogP contribution < -0.4 is 11.0 Å². The van der Waals surface area contributed by atoms with E-state index in [-0.39, 0.29) is 5.91 Å². The zero-order valence-electron chi connectivity index (χ0n) is 16.2. The fourth-order valence-electron chi connectivity index (χ4n) is 3.16. The molecule has 1 atom stereocenters. The van der Waals surface area contributed by atoms with Crippen molar-refractivity contribution in [3.63, 3.8) is 0 Å². The molecule has 0 saturated heterocycles. The van der Waals surface area contributed by atoms with E-state index in [0.717, 1.165) is 26.6 Å². The van der Waals surface area contributed by atoms with Crippen LogP contribution in [-0.4, -0.2) is 20.7 Å². The topological polar surface area (TPSA) is 76.9 Å². The zero-order chi connectivity index (χ0) is 20.4. The maximum Gasteiger partial charge on any atom is 0.365 e. The summed E-state index contributed by atoms with van der Waals surface area (Å²) in [6.45, 7) is 3.62. The van der Waals surface area contributed by atoms with Crippen LogP contribution in [0.4, 0.5) is 5.69 Å². The summed E-state index contributed by atoms with van der Waals surface area (Å²) in [6, 6.07) is 20.3. The van der Waals surface area contributed by atoms with E-state index in [0.29, 0.717) is 11.4 Å². The first kappa shape index (κ1) is 18.6. The van der Waals surface area contributed by atoms with Gasteiger partial charge in [-0.05, 0) is 25.3 Å². The number of carbonyl (C=O) groups is 1. The molecule has 0 radical (unpaired) electrons. The summed E-state index contributed by atoms with van der Waals surface area (Å²) in [6.07, 6.45) is 1.51. The number of hydrogen-bond donors (Lipinski definition) is 1. The molecule has 0 aliphatic carbocycles. The number of amides is 1. The number of aryl methyl sites for hydroxylation is 1. The molecule has 1 aromatic heterocycles. The maximum absolute atomic E-state index is 12.8. The first-order chi connectivity index (χ1) is 14.0. The maximum atomic E-state index is 12.8. The number of rotatable bonds is 4. The molecular formula is C23H20N4O2. The summed E-state index contributed by atoms with van der Waals surface area (Å²) >= 11 is 0. The molecule has 4 aromatic rings. The summed E-state index contributed by atoms with van der Waals surface area (Å²) < 4.78 is 1.10. The monoisotopic (exact) mass is 384 g/mol. The van der Waals surface area contributed by atoms with Crippen molar-refractivity contribution in [1.29, 1.82) is 0 Å². The standard InChI is InChI=1S/C23H20N4O2/c1-15-10-12-18(13-11-15)21-14-24-27(23(29)26-21)16(2)22(28)25-20-9-5-7-17-6-3-4-8-19(17)20/h3-14,16H,1-2H3,(H,25,28)/t16-/m0/s1. The Bertz CT molecular complexity index is 1240. The minimum Gasteiger partial charge on any atom is -0.324 e. The van der Waals surface area contributed by atoms with Gasteiger partial charge in [-0.1, -0.05) is 66.2 Å². The van der Waals surface area contributed by atoms with Gasteiger partial charge in [0.1, 0.15) is 6.04 Å². The van der Waals surface area contributed by atoms with Crippen molar-refractivity contribution in [3.05, 3.63) is 89.0 Å². The molecule has 6 nitrogen and oxygen atoms in total. The van der Waals surface area contributed by atoms with Crippen molar-refractivity contribution in [3.8, 4) is 11.3 Å². The second-order valence-corrected chi connectivity index (χ2v) is 6.93. The van der Waals surface area contributed by atoms with Crippen LogP contribution >= 0.6 is 0 Å². The molecule has 29 heavy (non-hydrogen) atoms. The number of fused-ring (bicyclic) bond motifs is 1. The first-order valence-electron chi connectivity index (χ1n) is 9.34. The normalized spacial score (nSPS) is 11.9. The van der Waals surface area contributed by atoms with E-state index in [9.17, 15) is 9.59 Å². The molecule has 6 heteroatoms. The van der Waals surface area contributed by atoms with Gasteiger partial charge in [0.15, 0.2) is 0 Å². The molecule has 1 amide bonds. The van der Waals surface area contributed by atoms with E-state index in [1.54, 1.807) is 6.92 Å². The van der Waals surface area contributed by atoms with Crippen LogP contribution in [-0.2, 0) is 4.79 Å². The second-order valence-electron chi connectivity index (χ2n) is 6.93. The van der Waals surface area contributed by atoms with E-state index in [2.05, 4.69) is 15.4 Å². The molecule has 144 valence electrons. The summed E-state index contributed by atoms with van der Waals surface area (Å²) in [4.78, 5) is 29.4. The van der Waals surface area contributed by atoms with Gasteiger partial charge in [-0.2, -0.15) is 10.1 Å². The Morgan fingerprint density at radius 1 is 1.00 bits per heavy atom. The Labute approximate surface area is 167 Å². The largest absolute Gasteiger partial charge is 0.365 e. The number of aromatic nitrogens is 3. The number of hydrogen-bond acceptors (Lipinski definition) is 4. The third-order valence-electron chi connectivity index (χ3n) is 4.86. The molecule has 0 unspecified atom stereocenters. The van der Waals surface area contributed by atoms with Gasteiger partial charge >= 0.3 is 5.69 Å². The number of nitrogens with one attached hydrogen (secondary N) is 1. The summed E-state index contributed by atoms with van der Waals surface area (Å²) in [7, 11) is 0. The van der Waals surface area contributed by atoms with E-state index in [1.165, 1.54) is 6.20 Å². The highest BCUT2D eigenvalue weighted by molar-refractivity contribution is 6.03. The quantitative estimate of drug-likeness (QED) is 0.578. The highest BCUT2D eigenvalue weighted by atomic mass is 16.2. The van der Waals surface area contributed by atoms with E-state index >= 15 is 0 Å². The lowest BCUT2D eigenvalue weighted by Crippen LogP contribution is -2.34. The SMILES string of the molecule is Cc1ccc(-c2cnn([C@@H](C)C(=O)Nc3cccc4ccccc34)c(=O)n2)cc1. The lowest BCUT2D eigenvalue weighted by molar-refractivity contribution is -0.119. The fraction of sp³-hybridized carbons (Fsp3) is 0.130. The Morgan fingerprint density at radius 3 is 2.48 bits per heavy atom. The smallest absolute Gasteiger partial charge is 0.324 e. The van der Waals surface area contributed by atoms with Crippen molar-refractivity contribution in [1.82, 2.24) is 14.8 Å². The number of benzene rings is 3. The Hall–Kier alpha value is -3.80. The van der Waals surface area contributed by atoms with Crippen molar-refractivity contribution >= 4 is 22.4 Å². The highest BCUT2D eigenvalue weighted by Crippen LogP contribution is 2.23. The molecular weight excluding hydrogens is 364 g/mol. The lowest BCUT2D eigenvalue weighted by Gasteiger charge is -2.15. The van der Waals surface area contributed by atoms with Crippen LogP contribution in [0.15, 0.2) is 77.7 Å². The summed E-state index contributed by atoms with van der Waals surface area (Å²) in [5.74, 6) is -0.333. The average molecular weight is 384 g/mol. The molecule has 4 rings (SSSR count). The first-order valence-corrected chi connectivity index (χ1v) is 9.34.